The largest absolute Gasteiger partial charge is 0.481 e. The number of piperidine rings is 1. The Bertz CT molecular complexity index is 914. The number of rotatable bonds is 3. The summed E-state index contributed by atoms with van der Waals surface area (Å²) in [7, 11) is 3.13. The number of likely N-dealkylation sites (tertiary alicyclic amines) is 1. The van der Waals surface area contributed by atoms with E-state index in [0.29, 0.717) is 30.6 Å². The van der Waals surface area contributed by atoms with Crippen LogP contribution in [-0.2, 0) is 7.05 Å². The zero-order chi connectivity index (χ0) is 19.0. The predicted octanol–water partition coefficient (Wildman–Crippen LogP) is 0.320. The Morgan fingerprint density at radius 3 is 2.81 bits per heavy atom. The fraction of sp³-hybridized carbons (Fsp3) is 0.500. The minimum absolute atomic E-state index is 0.103. The second kappa shape index (κ2) is 6.98. The fourth-order valence-corrected chi connectivity index (χ4v) is 3.98. The Morgan fingerprint density at radius 2 is 2.04 bits per heavy atom. The zero-order valence-corrected chi connectivity index (χ0v) is 15.4. The molecule has 2 aliphatic rings. The molecule has 27 heavy (non-hydrogen) atoms. The van der Waals surface area contributed by atoms with Crippen LogP contribution in [0.3, 0.4) is 0 Å². The molecular formula is C18H22N6O3. The molecule has 0 radical (unpaired) electrons. The first kappa shape index (κ1) is 17.4. The number of hydrogen-bond donors (Lipinski definition) is 0. The van der Waals surface area contributed by atoms with E-state index in [1.165, 1.54) is 23.1 Å². The van der Waals surface area contributed by atoms with Crippen molar-refractivity contribution in [3.63, 3.8) is 0 Å². The molecule has 2 aromatic heterocycles. The monoisotopic (exact) mass is 370 g/mol. The van der Waals surface area contributed by atoms with Crippen LogP contribution in [0.1, 0.15) is 23.3 Å². The summed E-state index contributed by atoms with van der Waals surface area (Å²) in [5.74, 6) is 1.68. The van der Waals surface area contributed by atoms with Crippen LogP contribution in [0.15, 0.2) is 29.3 Å². The lowest BCUT2D eigenvalue weighted by atomic mass is 9.92. The topological polar surface area (TPSA) is 93.5 Å². The third kappa shape index (κ3) is 3.24. The minimum atomic E-state index is -0.229. The van der Waals surface area contributed by atoms with Gasteiger partial charge in [0.05, 0.1) is 13.2 Å². The molecule has 2 aliphatic heterocycles. The number of fused-ring (bicyclic) bond motifs is 1. The number of ether oxygens (including phenoxy) is 1. The van der Waals surface area contributed by atoms with E-state index in [1.807, 2.05) is 11.0 Å². The smallest absolute Gasteiger partial charge is 0.274 e. The van der Waals surface area contributed by atoms with Crippen LogP contribution in [0.4, 0.5) is 5.82 Å². The van der Waals surface area contributed by atoms with Crippen molar-refractivity contribution in [2.24, 2.45) is 13.0 Å². The van der Waals surface area contributed by atoms with Gasteiger partial charge in [0.25, 0.3) is 11.5 Å². The van der Waals surface area contributed by atoms with E-state index in [0.717, 1.165) is 25.2 Å². The van der Waals surface area contributed by atoms with Gasteiger partial charge in [-0.3, -0.25) is 9.59 Å². The highest BCUT2D eigenvalue weighted by Gasteiger charge is 2.41. The van der Waals surface area contributed by atoms with Gasteiger partial charge in [0.2, 0.25) is 5.88 Å². The number of methoxy groups -OCH3 is 1. The molecule has 2 atom stereocenters. The van der Waals surface area contributed by atoms with Gasteiger partial charge >= 0.3 is 0 Å². The fourth-order valence-electron chi connectivity index (χ4n) is 3.98. The standard InChI is InChI=1S/C18H22N6O3/c1-22-17(25)4-3-13(21-22)18(26)24-8-6-12-5-7-23(10-14(12)24)15-9-16(27-2)20-11-19-15/h3-4,9,11-12,14H,5-8,10H2,1-2H3. The summed E-state index contributed by atoms with van der Waals surface area (Å²) in [6.07, 6.45) is 3.48. The van der Waals surface area contributed by atoms with Gasteiger partial charge in [0, 0.05) is 38.8 Å². The number of amides is 1. The van der Waals surface area contributed by atoms with Crippen LogP contribution in [0.5, 0.6) is 5.88 Å². The Hall–Kier alpha value is -2.97. The van der Waals surface area contributed by atoms with Crippen LogP contribution >= 0.6 is 0 Å². The van der Waals surface area contributed by atoms with Gasteiger partial charge in [-0.15, -0.1) is 0 Å². The highest BCUT2D eigenvalue weighted by molar-refractivity contribution is 5.92. The van der Waals surface area contributed by atoms with Gasteiger partial charge in [0.1, 0.15) is 17.8 Å². The molecule has 2 fully saturated rings. The first-order chi connectivity index (χ1) is 13.1. The van der Waals surface area contributed by atoms with E-state index in [9.17, 15) is 9.59 Å². The van der Waals surface area contributed by atoms with Gasteiger partial charge in [-0.1, -0.05) is 0 Å². The highest BCUT2D eigenvalue weighted by atomic mass is 16.5. The molecule has 0 saturated carbocycles. The Morgan fingerprint density at radius 1 is 1.22 bits per heavy atom. The Labute approximate surface area is 156 Å². The van der Waals surface area contributed by atoms with E-state index in [1.54, 1.807) is 14.2 Å². The first-order valence-electron chi connectivity index (χ1n) is 9.03. The second-order valence-electron chi connectivity index (χ2n) is 6.95. The van der Waals surface area contributed by atoms with Crippen molar-refractivity contribution < 1.29 is 9.53 Å². The maximum Gasteiger partial charge on any atom is 0.274 e. The molecule has 0 N–H and O–H groups in total. The molecule has 2 saturated heterocycles. The molecule has 1 amide bonds. The molecule has 4 heterocycles. The SMILES string of the molecule is COc1cc(N2CCC3CCN(C(=O)c4ccc(=O)n(C)n4)C3C2)ncn1. The average Bonchev–Trinajstić information content (AvgIpc) is 3.12. The summed E-state index contributed by atoms with van der Waals surface area (Å²) in [6, 6.07) is 4.81. The maximum absolute atomic E-state index is 13.0. The molecule has 0 aromatic carbocycles. The van der Waals surface area contributed by atoms with Crippen molar-refractivity contribution >= 4 is 11.7 Å². The molecule has 2 unspecified atom stereocenters. The number of anilines is 1. The molecule has 0 spiro atoms. The van der Waals surface area contributed by atoms with Crippen LogP contribution in [-0.4, -0.2) is 63.3 Å². The number of carbonyl (C=O) groups excluding carboxylic acids is 1. The number of aryl methyl sites for hydroxylation is 1. The summed E-state index contributed by atoms with van der Waals surface area (Å²) >= 11 is 0. The third-order valence-corrected chi connectivity index (χ3v) is 5.46. The summed E-state index contributed by atoms with van der Waals surface area (Å²) in [4.78, 5) is 37.0. The number of nitrogens with zero attached hydrogens (tertiary/aromatic N) is 6. The number of carbonyl (C=O) groups is 1. The Kier molecular flexibility index (Phi) is 4.51. The average molecular weight is 370 g/mol. The van der Waals surface area contributed by atoms with Crippen molar-refractivity contribution in [3.8, 4) is 5.88 Å². The summed E-state index contributed by atoms with van der Waals surface area (Å²) in [5, 5.41) is 4.12. The lowest BCUT2D eigenvalue weighted by Gasteiger charge is -2.38. The van der Waals surface area contributed by atoms with E-state index in [-0.39, 0.29) is 17.5 Å². The van der Waals surface area contributed by atoms with E-state index in [4.69, 9.17) is 4.74 Å². The summed E-state index contributed by atoms with van der Waals surface area (Å²) in [6.45, 7) is 2.31. The third-order valence-electron chi connectivity index (χ3n) is 5.46. The van der Waals surface area contributed by atoms with E-state index in [2.05, 4.69) is 20.0 Å². The highest BCUT2D eigenvalue weighted by Crippen LogP contribution is 2.34. The molecule has 9 nitrogen and oxygen atoms in total. The lowest BCUT2D eigenvalue weighted by Crippen LogP contribution is -2.50. The van der Waals surface area contributed by atoms with Crippen LogP contribution < -0.4 is 15.2 Å². The van der Waals surface area contributed by atoms with Crippen molar-refractivity contribution in [2.75, 3.05) is 31.6 Å². The van der Waals surface area contributed by atoms with Gasteiger partial charge in [0.15, 0.2) is 0 Å². The van der Waals surface area contributed by atoms with Crippen LogP contribution in [0.25, 0.3) is 0 Å². The first-order valence-corrected chi connectivity index (χ1v) is 9.03. The molecule has 0 bridgehead atoms. The van der Waals surface area contributed by atoms with Crippen molar-refractivity contribution in [1.82, 2.24) is 24.6 Å². The van der Waals surface area contributed by atoms with Crippen LogP contribution in [0.2, 0.25) is 0 Å². The predicted molar refractivity (Wildman–Crippen MR) is 97.8 cm³/mol. The molecule has 9 heteroatoms. The zero-order valence-electron chi connectivity index (χ0n) is 15.4. The van der Waals surface area contributed by atoms with E-state index >= 15 is 0 Å². The normalized spacial score (nSPS) is 21.9. The maximum atomic E-state index is 13.0. The molecule has 2 aromatic rings. The summed E-state index contributed by atoms with van der Waals surface area (Å²) < 4.78 is 6.39. The van der Waals surface area contributed by atoms with Gasteiger partial charge in [-0.05, 0) is 24.8 Å². The van der Waals surface area contributed by atoms with Crippen LogP contribution in [0, 0.1) is 5.92 Å². The molecule has 142 valence electrons. The number of hydrogen-bond acceptors (Lipinski definition) is 7. The quantitative estimate of drug-likeness (QED) is 0.768. The molecule has 0 aliphatic carbocycles. The second-order valence-corrected chi connectivity index (χ2v) is 6.95. The molecule has 4 rings (SSSR count). The van der Waals surface area contributed by atoms with Gasteiger partial charge < -0.3 is 14.5 Å². The van der Waals surface area contributed by atoms with Gasteiger partial charge in [-0.25, -0.2) is 14.6 Å². The Balaban J connectivity index is 1.55. The molecular weight excluding hydrogens is 348 g/mol. The summed E-state index contributed by atoms with van der Waals surface area (Å²) in [5.41, 5.74) is 0.0750. The number of aromatic nitrogens is 4. The van der Waals surface area contributed by atoms with E-state index < -0.39 is 0 Å². The van der Waals surface area contributed by atoms with Gasteiger partial charge in [-0.2, -0.15) is 5.10 Å². The van der Waals surface area contributed by atoms with Crippen molar-refractivity contribution in [2.45, 2.75) is 18.9 Å². The minimum Gasteiger partial charge on any atom is -0.481 e. The lowest BCUT2D eigenvalue weighted by molar-refractivity contribution is 0.0703. The van der Waals surface area contributed by atoms with Crippen molar-refractivity contribution in [1.29, 1.82) is 0 Å². The van der Waals surface area contributed by atoms with Crippen molar-refractivity contribution in [3.05, 3.63) is 40.6 Å².